The van der Waals surface area contributed by atoms with Crippen molar-refractivity contribution in [2.24, 2.45) is 0 Å². The topological polar surface area (TPSA) is 38.7 Å². The molecule has 2 aromatic carbocycles. The summed E-state index contributed by atoms with van der Waals surface area (Å²) in [5, 5.41) is 10.3. The summed E-state index contributed by atoms with van der Waals surface area (Å²) in [6.45, 7) is 3.97. The molecule has 2 aromatic rings. The highest BCUT2D eigenvalue weighted by Crippen LogP contribution is 2.31. The summed E-state index contributed by atoms with van der Waals surface area (Å²) in [4.78, 5) is 0. The van der Waals surface area contributed by atoms with Crippen LogP contribution in [0.2, 0.25) is 0 Å². The van der Waals surface area contributed by atoms with Crippen LogP contribution in [0.3, 0.4) is 0 Å². The molecule has 0 aliphatic carbocycles. The minimum atomic E-state index is -0.765. The molecular weight excluding hydrogens is 276 g/mol. The Bertz CT molecular complexity index is 660. The molecule has 3 nitrogen and oxygen atoms in total. The number of aliphatic hydroxyl groups excluding tert-OH is 1. The van der Waals surface area contributed by atoms with Gasteiger partial charge in [0.25, 0.3) is 0 Å². The fourth-order valence-corrected chi connectivity index (χ4v) is 2.09. The SMILES string of the molecule is C=C(c1ccc(OC)c(OC)c1)C(O)/C=C/c1ccccc1. The molecule has 2 rings (SSSR count). The fourth-order valence-electron chi connectivity index (χ4n) is 2.09. The van der Waals surface area contributed by atoms with Crippen LogP contribution in [0.15, 0.2) is 61.2 Å². The van der Waals surface area contributed by atoms with Crippen LogP contribution < -0.4 is 9.47 Å². The summed E-state index contributed by atoms with van der Waals surface area (Å²) < 4.78 is 10.5. The molecule has 0 heterocycles. The number of ether oxygens (including phenoxy) is 2. The minimum absolute atomic E-state index is 0.605. The summed E-state index contributed by atoms with van der Waals surface area (Å²) in [5.41, 5.74) is 2.44. The minimum Gasteiger partial charge on any atom is -0.493 e. The van der Waals surface area contributed by atoms with Gasteiger partial charge >= 0.3 is 0 Å². The molecule has 1 N–H and O–H groups in total. The van der Waals surface area contributed by atoms with E-state index >= 15 is 0 Å². The molecule has 0 aliphatic heterocycles. The first kappa shape index (κ1) is 15.9. The second-order valence-electron chi connectivity index (χ2n) is 4.81. The van der Waals surface area contributed by atoms with Crippen molar-refractivity contribution in [3.63, 3.8) is 0 Å². The molecule has 22 heavy (non-hydrogen) atoms. The van der Waals surface area contributed by atoms with E-state index in [1.165, 1.54) is 0 Å². The lowest BCUT2D eigenvalue weighted by atomic mass is 10.0. The first-order chi connectivity index (χ1) is 10.7. The number of methoxy groups -OCH3 is 2. The van der Waals surface area contributed by atoms with Crippen molar-refractivity contribution >= 4 is 11.6 Å². The van der Waals surface area contributed by atoms with E-state index in [2.05, 4.69) is 6.58 Å². The highest BCUT2D eigenvalue weighted by Gasteiger charge is 2.11. The monoisotopic (exact) mass is 296 g/mol. The van der Waals surface area contributed by atoms with E-state index in [0.717, 1.165) is 11.1 Å². The number of hydrogen-bond acceptors (Lipinski definition) is 3. The van der Waals surface area contributed by atoms with Gasteiger partial charge in [-0.2, -0.15) is 0 Å². The molecule has 0 fully saturated rings. The van der Waals surface area contributed by atoms with Gasteiger partial charge in [0.2, 0.25) is 0 Å². The van der Waals surface area contributed by atoms with Crippen LogP contribution in [-0.2, 0) is 0 Å². The number of benzene rings is 2. The molecule has 114 valence electrons. The van der Waals surface area contributed by atoms with Crippen LogP contribution >= 0.6 is 0 Å². The zero-order valence-electron chi connectivity index (χ0n) is 12.8. The van der Waals surface area contributed by atoms with Gasteiger partial charge in [0.1, 0.15) is 0 Å². The third-order valence-corrected chi connectivity index (χ3v) is 3.38. The van der Waals surface area contributed by atoms with E-state index in [0.29, 0.717) is 17.1 Å². The quantitative estimate of drug-likeness (QED) is 0.881. The lowest BCUT2D eigenvalue weighted by molar-refractivity contribution is 0.281. The average molecular weight is 296 g/mol. The highest BCUT2D eigenvalue weighted by atomic mass is 16.5. The molecular formula is C19H20O3. The Labute approximate surface area is 131 Å². The van der Waals surface area contributed by atoms with E-state index in [1.54, 1.807) is 32.4 Å². The number of rotatable bonds is 6. The van der Waals surface area contributed by atoms with Gasteiger partial charge < -0.3 is 14.6 Å². The van der Waals surface area contributed by atoms with Crippen molar-refractivity contribution in [3.8, 4) is 11.5 Å². The lowest BCUT2D eigenvalue weighted by Gasteiger charge is -2.13. The Morgan fingerprint density at radius 2 is 1.73 bits per heavy atom. The van der Waals surface area contributed by atoms with Gasteiger partial charge in [0.15, 0.2) is 11.5 Å². The number of aliphatic hydroxyl groups is 1. The van der Waals surface area contributed by atoms with E-state index in [4.69, 9.17) is 9.47 Å². The Balaban J connectivity index is 2.15. The Morgan fingerprint density at radius 1 is 1.05 bits per heavy atom. The molecule has 0 saturated heterocycles. The van der Waals surface area contributed by atoms with Crippen molar-refractivity contribution in [1.29, 1.82) is 0 Å². The first-order valence-corrected chi connectivity index (χ1v) is 6.98. The van der Waals surface area contributed by atoms with Crippen molar-refractivity contribution in [2.75, 3.05) is 14.2 Å². The van der Waals surface area contributed by atoms with Crippen LogP contribution in [0.4, 0.5) is 0 Å². The van der Waals surface area contributed by atoms with Gasteiger partial charge in [-0.05, 0) is 28.8 Å². The molecule has 0 aromatic heterocycles. The molecule has 3 heteroatoms. The summed E-state index contributed by atoms with van der Waals surface area (Å²) in [6, 6.07) is 15.3. The maximum Gasteiger partial charge on any atom is 0.161 e. The molecule has 0 radical (unpaired) electrons. The molecule has 1 atom stereocenters. The van der Waals surface area contributed by atoms with Crippen molar-refractivity contribution < 1.29 is 14.6 Å². The van der Waals surface area contributed by atoms with Gasteiger partial charge in [-0.25, -0.2) is 0 Å². The second kappa shape index (κ2) is 7.48. The maximum atomic E-state index is 10.3. The van der Waals surface area contributed by atoms with Crippen molar-refractivity contribution in [1.82, 2.24) is 0 Å². The summed E-state index contributed by atoms with van der Waals surface area (Å²) >= 11 is 0. The maximum absolute atomic E-state index is 10.3. The van der Waals surface area contributed by atoms with E-state index in [9.17, 15) is 5.11 Å². The smallest absolute Gasteiger partial charge is 0.161 e. The summed E-state index contributed by atoms with van der Waals surface area (Å²) in [6.07, 6.45) is 2.82. The van der Waals surface area contributed by atoms with Crippen LogP contribution in [0.1, 0.15) is 11.1 Å². The van der Waals surface area contributed by atoms with Gasteiger partial charge in [-0.1, -0.05) is 55.1 Å². The Kier molecular flexibility index (Phi) is 5.39. The van der Waals surface area contributed by atoms with Crippen molar-refractivity contribution in [2.45, 2.75) is 6.10 Å². The highest BCUT2D eigenvalue weighted by molar-refractivity contribution is 5.71. The molecule has 0 aliphatic rings. The Hall–Kier alpha value is -2.52. The molecule has 0 spiro atoms. The van der Waals surface area contributed by atoms with Crippen molar-refractivity contribution in [3.05, 3.63) is 72.3 Å². The molecule has 0 amide bonds. The second-order valence-corrected chi connectivity index (χ2v) is 4.81. The largest absolute Gasteiger partial charge is 0.493 e. The number of hydrogen-bond donors (Lipinski definition) is 1. The summed E-state index contributed by atoms with van der Waals surface area (Å²) in [5.74, 6) is 1.26. The zero-order chi connectivity index (χ0) is 15.9. The third-order valence-electron chi connectivity index (χ3n) is 3.38. The van der Waals surface area contributed by atoms with Gasteiger partial charge in [0.05, 0.1) is 20.3 Å². The zero-order valence-corrected chi connectivity index (χ0v) is 12.8. The molecule has 0 saturated carbocycles. The predicted octanol–water partition coefficient (Wildman–Crippen LogP) is 3.79. The fraction of sp³-hybridized carbons (Fsp3) is 0.158. The van der Waals surface area contributed by atoms with Crippen LogP contribution in [0, 0.1) is 0 Å². The average Bonchev–Trinajstić information content (AvgIpc) is 2.59. The van der Waals surface area contributed by atoms with Gasteiger partial charge in [-0.3, -0.25) is 0 Å². The standard InChI is InChI=1S/C19H20O3/c1-14(16-10-12-18(21-2)19(13-16)22-3)17(20)11-9-15-7-5-4-6-8-15/h4-13,17,20H,1H2,2-3H3/b11-9+. The van der Waals surface area contributed by atoms with E-state index in [-0.39, 0.29) is 0 Å². The van der Waals surface area contributed by atoms with Gasteiger partial charge in [-0.15, -0.1) is 0 Å². The van der Waals surface area contributed by atoms with E-state index in [1.807, 2.05) is 42.5 Å². The van der Waals surface area contributed by atoms with Crippen LogP contribution in [0.25, 0.3) is 11.6 Å². The normalized spacial score (nSPS) is 12.1. The van der Waals surface area contributed by atoms with Crippen LogP contribution in [-0.4, -0.2) is 25.4 Å². The summed E-state index contributed by atoms with van der Waals surface area (Å²) in [7, 11) is 3.17. The Morgan fingerprint density at radius 3 is 2.36 bits per heavy atom. The third kappa shape index (κ3) is 3.77. The lowest BCUT2D eigenvalue weighted by Crippen LogP contribution is -2.05. The van der Waals surface area contributed by atoms with E-state index < -0.39 is 6.10 Å². The molecule has 1 unspecified atom stereocenters. The van der Waals surface area contributed by atoms with Crippen LogP contribution in [0.5, 0.6) is 11.5 Å². The predicted molar refractivity (Wildman–Crippen MR) is 90.1 cm³/mol. The molecule has 0 bridgehead atoms. The first-order valence-electron chi connectivity index (χ1n) is 6.98. The van der Waals surface area contributed by atoms with Gasteiger partial charge in [0, 0.05) is 0 Å².